The molecule has 2 N–H and O–H groups in total. The van der Waals surface area contributed by atoms with Gasteiger partial charge in [-0.05, 0) is 128 Å². The number of hydrogen-bond acceptors (Lipinski definition) is 10. The first kappa shape index (κ1) is 73.9. The first-order chi connectivity index (χ1) is 38.2. The number of carbonyl (C=O) groups is 3. The molecule has 444 valence electrons. The molecule has 78 heavy (non-hydrogen) atoms. The Kier molecular flexibility index (Phi) is 55.9. The molecule has 0 spiro atoms. The third-order valence-corrected chi connectivity index (χ3v) is 13.3. The summed E-state index contributed by atoms with van der Waals surface area (Å²) in [5.74, 6) is -1.53. The van der Waals surface area contributed by atoms with Crippen LogP contribution in [0.5, 0.6) is 0 Å². The fraction of sp³-hybridized carbons (Fsp3) is 0.652. The molecule has 0 aromatic heterocycles. The molecule has 0 rings (SSSR count). The highest BCUT2D eigenvalue weighted by atomic mass is 31.2. The molecule has 0 bridgehead atoms. The lowest BCUT2D eigenvalue weighted by Crippen LogP contribution is -2.30. The van der Waals surface area contributed by atoms with Gasteiger partial charge in [0.1, 0.15) is 12.7 Å². The lowest BCUT2D eigenvalue weighted by atomic mass is 10.1. The lowest BCUT2D eigenvalue weighted by molar-refractivity contribution is -0.161. The number of aliphatic hydroxyl groups excluding tert-OH is 1. The average molecular weight is 1110 g/mol. The van der Waals surface area contributed by atoms with Crippen LogP contribution >= 0.6 is 7.82 Å². The van der Waals surface area contributed by atoms with Crippen molar-refractivity contribution in [2.24, 2.45) is 0 Å². The molecule has 11 nitrogen and oxygen atoms in total. The molecule has 0 aromatic rings. The van der Waals surface area contributed by atoms with Gasteiger partial charge in [0.15, 0.2) is 6.10 Å². The molecule has 0 amide bonds. The first-order valence-corrected chi connectivity index (χ1v) is 31.9. The van der Waals surface area contributed by atoms with Gasteiger partial charge in [-0.2, -0.15) is 0 Å². The molecular weight excluding hydrogens is 1000 g/mol. The van der Waals surface area contributed by atoms with Gasteiger partial charge < -0.3 is 24.2 Å². The maximum absolute atomic E-state index is 12.9. The number of phosphoric acid groups is 1. The summed E-state index contributed by atoms with van der Waals surface area (Å²) < 4.78 is 39.6. The van der Waals surface area contributed by atoms with Gasteiger partial charge in [0.25, 0.3) is 0 Å². The molecule has 0 aliphatic carbocycles. The average Bonchev–Trinajstić information content (AvgIpc) is 3.43. The summed E-state index contributed by atoms with van der Waals surface area (Å²) in [7, 11) is -4.77. The summed E-state index contributed by atoms with van der Waals surface area (Å²) in [5, 5.41) is 9.83. The van der Waals surface area contributed by atoms with Gasteiger partial charge in [-0.25, -0.2) is 4.57 Å². The molecule has 0 fully saturated rings. The quantitative estimate of drug-likeness (QED) is 0.0197. The van der Waals surface area contributed by atoms with Gasteiger partial charge >= 0.3 is 25.7 Å². The van der Waals surface area contributed by atoms with E-state index in [1.165, 1.54) is 25.7 Å². The molecule has 12 heteroatoms. The van der Waals surface area contributed by atoms with Crippen molar-refractivity contribution < 1.29 is 52.2 Å². The van der Waals surface area contributed by atoms with Crippen molar-refractivity contribution in [3.63, 3.8) is 0 Å². The number of esters is 3. The van der Waals surface area contributed by atoms with Crippen molar-refractivity contribution >= 4 is 25.7 Å². The second-order valence-electron chi connectivity index (χ2n) is 19.7. The topological polar surface area (TPSA) is 155 Å². The van der Waals surface area contributed by atoms with E-state index in [0.717, 1.165) is 154 Å². The number of rotatable bonds is 55. The van der Waals surface area contributed by atoms with Crippen LogP contribution in [0.25, 0.3) is 0 Å². The maximum Gasteiger partial charge on any atom is 0.472 e. The molecule has 0 aliphatic heterocycles. The Bertz CT molecular complexity index is 1770. The van der Waals surface area contributed by atoms with Crippen LogP contribution in [0.4, 0.5) is 0 Å². The number of allylic oxidation sites excluding steroid dienone is 20. The van der Waals surface area contributed by atoms with E-state index in [-0.39, 0.29) is 25.9 Å². The Hall–Kier alpha value is -4.12. The summed E-state index contributed by atoms with van der Waals surface area (Å²) >= 11 is 0. The van der Waals surface area contributed by atoms with Crippen molar-refractivity contribution in [1.82, 2.24) is 0 Å². The molecule has 0 aliphatic rings. The van der Waals surface area contributed by atoms with Crippen LogP contribution in [-0.2, 0) is 42.2 Å². The molecular formula is C66H109O11P. The van der Waals surface area contributed by atoms with Gasteiger partial charge in [-0.1, -0.05) is 213 Å². The van der Waals surface area contributed by atoms with E-state index in [1.54, 1.807) is 0 Å². The van der Waals surface area contributed by atoms with E-state index in [9.17, 15) is 28.9 Å². The zero-order chi connectivity index (χ0) is 56.9. The molecule has 0 heterocycles. The lowest BCUT2D eigenvalue weighted by Gasteiger charge is -2.21. The van der Waals surface area contributed by atoms with E-state index in [1.807, 2.05) is 0 Å². The molecule has 3 unspecified atom stereocenters. The highest BCUT2D eigenvalue weighted by Crippen LogP contribution is 2.43. The van der Waals surface area contributed by atoms with Crippen molar-refractivity contribution in [3.05, 3.63) is 122 Å². The Morgan fingerprint density at radius 2 is 0.667 bits per heavy atom. The summed E-state index contributed by atoms with van der Waals surface area (Å²) in [6, 6.07) is 0. The highest BCUT2D eigenvalue weighted by molar-refractivity contribution is 7.47. The summed E-state index contributed by atoms with van der Waals surface area (Å²) in [4.78, 5) is 48.7. The molecule has 3 atom stereocenters. The van der Waals surface area contributed by atoms with Gasteiger partial charge in [0.05, 0.1) is 19.8 Å². The Morgan fingerprint density at radius 3 is 1.03 bits per heavy atom. The zero-order valence-corrected chi connectivity index (χ0v) is 50.0. The molecule has 0 saturated heterocycles. The van der Waals surface area contributed by atoms with Crippen molar-refractivity contribution in [2.75, 3.05) is 26.4 Å². The van der Waals surface area contributed by atoms with Crippen molar-refractivity contribution in [3.8, 4) is 0 Å². The van der Waals surface area contributed by atoms with E-state index in [2.05, 4.69) is 142 Å². The van der Waals surface area contributed by atoms with Crippen LogP contribution in [0.3, 0.4) is 0 Å². The largest absolute Gasteiger partial charge is 0.472 e. The minimum Gasteiger partial charge on any atom is -0.462 e. The molecule has 0 radical (unpaired) electrons. The number of ether oxygens (including phenoxy) is 3. The molecule has 0 saturated carbocycles. The van der Waals surface area contributed by atoms with Crippen LogP contribution in [0.15, 0.2) is 122 Å². The van der Waals surface area contributed by atoms with E-state index < -0.39 is 57.8 Å². The van der Waals surface area contributed by atoms with Crippen LogP contribution < -0.4 is 0 Å². The number of aliphatic hydroxyl groups is 1. The standard InChI is InChI=1S/C66H109O11P/c1-4-7-10-13-16-19-22-25-28-30-31-33-35-37-40-43-46-49-52-55-64(68)73-59-63(77-66(70)57-54-51-48-45-42-39-36-32-29-26-23-20-17-14-11-8-5-2)61-75-78(71,72)74-60-62(58-67)76-65(69)56-53-50-47-44-41-38-34-27-24-21-18-15-12-9-6-3/h8-9,11-12,16-21,25-29,31,33-34,36,39,62-63,67H,4-7,10,13-15,22-24,30,32,35,37-38,40-61H2,1-3H3,(H,71,72)/b11-8-,12-9-,19-16-,20-17-,21-18-,28-25-,29-26-,33-31-,34-27-,39-36-. The summed E-state index contributed by atoms with van der Waals surface area (Å²) in [6.45, 7) is 4.33. The predicted octanol–water partition coefficient (Wildman–Crippen LogP) is 18.4. The van der Waals surface area contributed by atoms with Crippen LogP contribution in [-0.4, -0.2) is 66.5 Å². The van der Waals surface area contributed by atoms with E-state index in [0.29, 0.717) is 19.3 Å². The predicted molar refractivity (Wildman–Crippen MR) is 325 cm³/mol. The summed E-state index contributed by atoms with van der Waals surface area (Å²) in [6.07, 6.45) is 72.9. The van der Waals surface area contributed by atoms with Crippen LogP contribution in [0.1, 0.15) is 239 Å². The monoisotopic (exact) mass is 1110 g/mol. The van der Waals surface area contributed by atoms with Gasteiger partial charge in [0, 0.05) is 19.3 Å². The smallest absolute Gasteiger partial charge is 0.462 e. The SMILES string of the molecule is CC/C=C\C/C=C\C/C=C\C/C=C\CCCCCCC(=O)OC(COC(=O)CCCCCCCC/C=C\C/C=C\C/C=C\CCCCC)COP(=O)(O)OCC(CO)OC(=O)CCCCCCC/C=C\C/C=C\C/C=C\CC. The Balaban J connectivity index is 4.81. The second kappa shape index (κ2) is 59.0. The second-order valence-corrected chi connectivity index (χ2v) is 21.2. The van der Waals surface area contributed by atoms with Gasteiger partial charge in [0.2, 0.25) is 0 Å². The van der Waals surface area contributed by atoms with Gasteiger partial charge in [-0.15, -0.1) is 0 Å². The van der Waals surface area contributed by atoms with Crippen molar-refractivity contribution in [2.45, 2.75) is 251 Å². The number of phosphoric ester groups is 1. The number of carbonyl (C=O) groups excluding carboxylic acids is 3. The van der Waals surface area contributed by atoms with Crippen molar-refractivity contribution in [1.29, 1.82) is 0 Å². The third-order valence-electron chi connectivity index (χ3n) is 12.3. The highest BCUT2D eigenvalue weighted by Gasteiger charge is 2.28. The Morgan fingerprint density at radius 1 is 0.372 bits per heavy atom. The van der Waals surface area contributed by atoms with Crippen LogP contribution in [0.2, 0.25) is 0 Å². The minimum absolute atomic E-state index is 0.129. The summed E-state index contributed by atoms with van der Waals surface area (Å²) in [5.41, 5.74) is 0. The molecule has 0 aromatic carbocycles. The fourth-order valence-corrected chi connectivity index (χ4v) is 8.56. The Labute approximate surface area is 475 Å². The normalized spacial score (nSPS) is 14.2. The fourth-order valence-electron chi connectivity index (χ4n) is 7.78. The first-order valence-electron chi connectivity index (χ1n) is 30.4. The van der Waals surface area contributed by atoms with Crippen LogP contribution in [0, 0.1) is 0 Å². The number of unbranched alkanes of at least 4 members (excludes halogenated alkanes) is 18. The maximum atomic E-state index is 12.9. The third kappa shape index (κ3) is 56.6. The van der Waals surface area contributed by atoms with E-state index >= 15 is 0 Å². The zero-order valence-electron chi connectivity index (χ0n) is 49.1. The van der Waals surface area contributed by atoms with Gasteiger partial charge in [-0.3, -0.25) is 23.4 Å². The number of hydrogen-bond donors (Lipinski definition) is 2. The minimum atomic E-state index is -4.77. The van der Waals surface area contributed by atoms with E-state index in [4.69, 9.17) is 23.3 Å².